The number of fused-ring (bicyclic) bond motifs is 1. The molecule has 24 heavy (non-hydrogen) atoms. The summed E-state index contributed by atoms with van der Waals surface area (Å²) in [6.07, 6.45) is 0. The second kappa shape index (κ2) is 6.16. The SMILES string of the molecule is CCOc1cc(C(C)(C)C)c2nc(-c3nnc(Br)o3)cc(C)c2c1. The van der Waals surface area contributed by atoms with Crippen LogP contribution in [0.4, 0.5) is 0 Å². The van der Waals surface area contributed by atoms with Crippen LogP contribution in [0.5, 0.6) is 5.75 Å². The standard InChI is InChI=1S/C18H20BrN3O2/c1-6-23-11-8-12-10(2)7-14(16-21-22-17(19)24-16)20-15(12)13(9-11)18(3,4)5/h7-9H,6H2,1-5H3. The second-order valence-electron chi connectivity index (χ2n) is 6.73. The maximum atomic E-state index is 5.75. The summed E-state index contributed by atoms with van der Waals surface area (Å²) in [4.78, 5) is 5.16. The van der Waals surface area contributed by atoms with Crippen molar-refractivity contribution in [3.05, 3.63) is 34.1 Å². The summed E-state index contributed by atoms with van der Waals surface area (Å²) in [7, 11) is 0. The molecule has 0 atom stereocenters. The summed E-state index contributed by atoms with van der Waals surface area (Å²) in [6, 6.07) is 6.08. The van der Waals surface area contributed by atoms with Crippen LogP contribution < -0.4 is 4.74 Å². The lowest BCUT2D eigenvalue weighted by Crippen LogP contribution is -2.13. The van der Waals surface area contributed by atoms with E-state index in [-0.39, 0.29) is 5.41 Å². The predicted octanol–water partition coefficient (Wildman–Crippen LogP) is 5.05. The van der Waals surface area contributed by atoms with Crippen LogP contribution in [0, 0.1) is 6.92 Å². The van der Waals surface area contributed by atoms with Gasteiger partial charge in [0, 0.05) is 21.3 Å². The lowest BCUT2D eigenvalue weighted by atomic mass is 9.84. The van der Waals surface area contributed by atoms with Gasteiger partial charge in [-0.25, -0.2) is 4.98 Å². The fourth-order valence-corrected chi connectivity index (χ4v) is 2.94. The van der Waals surface area contributed by atoms with Crippen LogP contribution in [0.25, 0.3) is 22.5 Å². The van der Waals surface area contributed by atoms with Crippen LogP contribution >= 0.6 is 15.9 Å². The fraction of sp³-hybridized carbons (Fsp3) is 0.389. The van der Waals surface area contributed by atoms with Crippen molar-refractivity contribution in [3.8, 4) is 17.3 Å². The zero-order chi connectivity index (χ0) is 17.5. The summed E-state index contributed by atoms with van der Waals surface area (Å²) in [5.41, 5.74) is 3.77. The van der Waals surface area contributed by atoms with Crippen molar-refractivity contribution in [2.24, 2.45) is 0 Å². The van der Waals surface area contributed by atoms with Gasteiger partial charge in [0.2, 0.25) is 0 Å². The van der Waals surface area contributed by atoms with Gasteiger partial charge in [0.05, 0.1) is 12.1 Å². The topological polar surface area (TPSA) is 61.0 Å². The normalized spacial score (nSPS) is 11.9. The zero-order valence-electron chi connectivity index (χ0n) is 14.5. The highest BCUT2D eigenvalue weighted by atomic mass is 79.9. The molecule has 0 radical (unpaired) electrons. The number of hydrogen-bond donors (Lipinski definition) is 0. The summed E-state index contributed by atoms with van der Waals surface area (Å²) in [6.45, 7) is 11.2. The number of aryl methyl sites for hydroxylation is 1. The third-order valence-electron chi connectivity index (χ3n) is 3.83. The molecule has 0 spiro atoms. The van der Waals surface area contributed by atoms with Gasteiger partial charge in [-0.3, -0.25) is 0 Å². The minimum absolute atomic E-state index is 0.0706. The lowest BCUT2D eigenvalue weighted by Gasteiger charge is -2.22. The van der Waals surface area contributed by atoms with E-state index in [1.54, 1.807) is 0 Å². The summed E-state index contributed by atoms with van der Waals surface area (Å²) in [5, 5.41) is 8.95. The Balaban J connectivity index is 2.30. The van der Waals surface area contributed by atoms with E-state index in [1.165, 1.54) is 0 Å². The molecule has 6 heteroatoms. The van der Waals surface area contributed by atoms with Gasteiger partial charge in [-0.15, -0.1) is 10.2 Å². The number of benzene rings is 1. The Kier molecular flexibility index (Phi) is 4.34. The predicted molar refractivity (Wildman–Crippen MR) is 97.3 cm³/mol. The van der Waals surface area contributed by atoms with Crippen molar-refractivity contribution in [2.45, 2.75) is 40.0 Å². The van der Waals surface area contributed by atoms with E-state index in [0.29, 0.717) is 23.0 Å². The summed E-state index contributed by atoms with van der Waals surface area (Å²) < 4.78 is 11.2. The van der Waals surface area contributed by atoms with Gasteiger partial charge in [-0.2, -0.15) is 0 Å². The fourth-order valence-electron chi connectivity index (χ4n) is 2.70. The highest BCUT2D eigenvalue weighted by Gasteiger charge is 2.22. The summed E-state index contributed by atoms with van der Waals surface area (Å²) >= 11 is 3.19. The Morgan fingerprint density at radius 2 is 1.92 bits per heavy atom. The first-order chi connectivity index (χ1) is 11.3. The molecule has 1 aromatic carbocycles. The van der Waals surface area contributed by atoms with E-state index in [9.17, 15) is 0 Å². The average molecular weight is 390 g/mol. The first kappa shape index (κ1) is 16.9. The quantitative estimate of drug-likeness (QED) is 0.626. The second-order valence-corrected chi connectivity index (χ2v) is 7.41. The minimum Gasteiger partial charge on any atom is -0.494 e. The molecule has 0 fully saturated rings. The van der Waals surface area contributed by atoms with E-state index >= 15 is 0 Å². The Bertz CT molecular complexity index is 897. The van der Waals surface area contributed by atoms with Gasteiger partial charge >= 0.3 is 0 Å². The van der Waals surface area contributed by atoms with E-state index in [1.807, 2.05) is 19.1 Å². The molecule has 0 bridgehead atoms. The van der Waals surface area contributed by atoms with Crippen molar-refractivity contribution in [3.63, 3.8) is 0 Å². The Hall–Kier alpha value is -1.95. The molecule has 126 valence electrons. The number of aromatic nitrogens is 3. The molecule has 0 aliphatic carbocycles. The number of nitrogens with zero attached hydrogens (tertiary/aromatic N) is 3. The minimum atomic E-state index is -0.0706. The van der Waals surface area contributed by atoms with Crippen LogP contribution in [0.15, 0.2) is 27.4 Å². The molecule has 2 aromatic heterocycles. The molecule has 0 amide bonds. The summed E-state index contributed by atoms with van der Waals surface area (Å²) in [5.74, 6) is 1.27. The van der Waals surface area contributed by atoms with Gasteiger partial charge in [0.25, 0.3) is 10.7 Å². The van der Waals surface area contributed by atoms with Crippen LogP contribution in [0.3, 0.4) is 0 Å². The number of rotatable bonds is 3. The third kappa shape index (κ3) is 3.15. The molecular formula is C18H20BrN3O2. The van der Waals surface area contributed by atoms with Gasteiger partial charge in [-0.1, -0.05) is 20.8 Å². The van der Waals surface area contributed by atoms with Crippen molar-refractivity contribution < 1.29 is 9.15 Å². The molecule has 0 aliphatic rings. The first-order valence-electron chi connectivity index (χ1n) is 7.87. The molecule has 0 N–H and O–H groups in total. The first-order valence-corrected chi connectivity index (χ1v) is 8.67. The van der Waals surface area contributed by atoms with Crippen molar-refractivity contribution in [2.75, 3.05) is 6.61 Å². The molecule has 0 unspecified atom stereocenters. The molecule has 0 saturated carbocycles. The third-order valence-corrected chi connectivity index (χ3v) is 4.15. The van der Waals surface area contributed by atoms with Gasteiger partial charge in [0.15, 0.2) is 0 Å². The van der Waals surface area contributed by atoms with Crippen molar-refractivity contribution in [1.82, 2.24) is 15.2 Å². The van der Waals surface area contributed by atoms with Crippen molar-refractivity contribution in [1.29, 1.82) is 0 Å². The van der Waals surface area contributed by atoms with Crippen LogP contribution in [0.1, 0.15) is 38.8 Å². The molecule has 3 rings (SSSR count). The Morgan fingerprint density at radius 1 is 1.17 bits per heavy atom. The highest BCUT2D eigenvalue weighted by Crippen LogP contribution is 2.35. The van der Waals surface area contributed by atoms with Crippen molar-refractivity contribution >= 4 is 26.8 Å². The van der Waals surface area contributed by atoms with Gasteiger partial charge < -0.3 is 9.15 Å². The monoisotopic (exact) mass is 389 g/mol. The lowest BCUT2D eigenvalue weighted by molar-refractivity contribution is 0.339. The Labute approximate surface area is 149 Å². The van der Waals surface area contributed by atoms with E-state index in [4.69, 9.17) is 14.1 Å². The molecule has 3 aromatic rings. The smallest absolute Gasteiger partial charge is 0.285 e. The molecule has 5 nitrogen and oxygen atoms in total. The molecular weight excluding hydrogens is 370 g/mol. The largest absolute Gasteiger partial charge is 0.494 e. The zero-order valence-corrected chi connectivity index (χ0v) is 16.1. The van der Waals surface area contributed by atoms with Crippen LogP contribution in [-0.4, -0.2) is 21.8 Å². The van der Waals surface area contributed by atoms with E-state index in [0.717, 1.165) is 27.8 Å². The number of ether oxygens (including phenoxy) is 1. The van der Waals surface area contributed by atoms with Crippen LogP contribution in [0.2, 0.25) is 0 Å². The van der Waals surface area contributed by atoms with Gasteiger partial charge in [0.1, 0.15) is 11.4 Å². The molecule has 2 heterocycles. The molecule has 0 saturated heterocycles. The number of pyridine rings is 1. The highest BCUT2D eigenvalue weighted by molar-refractivity contribution is 9.10. The maximum absolute atomic E-state index is 5.75. The van der Waals surface area contributed by atoms with E-state index in [2.05, 4.69) is 59.9 Å². The molecule has 0 aliphatic heterocycles. The maximum Gasteiger partial charge on any atom is 0.285 e. The number of halogens is 1. The Morgan fingerprint density at radius 3 is 2.50 bits per heavy atom. The number of hydrogen-bond acceptors (Lipinski definition) is 5. The average Bonchev–Trinajstić information content (AvgIpc) is 2.93. The van der Waals surface area contributed by atoms with Gasteiger partial charge in [-0.05, 0) is 48.6 Å². The van der Waals surface area contributed by atoms with Crippen LogP contribution in [-0.2, 0) is 5.41 Å². The van der Waals surface area contributed by atoms with E-state index < -0.39 is 0 Å².